The highest BCUT2D eigenvalue weighted by Gasteiger charge is 2.68. The minimum Gasteiger partial charge on any atom is -0.496 e. The summed E-state index contributed by atoms with van der Waals surface area (Å²) in [6.07, 6.45) is -0.929. The number of pyridine rings is 1. The molecule has 1 aliphatic carbocycles. The monoisotopic (exact) mass is 512 g/mol. The molecule has 1 aromatic carbocycles. The highest BCUT2D eigenvalue weighted by molar-refractivity contribution is 7.98. The normalized spacial score (nSPS) is 18.9. The summed E-state index contributed by atoms with van der Waals surface area (Å²) in [6.45, 7) is 3.26. The van der Waals surface area contributed by atoms with E-state index in [0.29, 0.717) is 29.1 Å². The third-order valence-electron chi connectivity index (χ3n) is 5.35. The van der Waals surface area contributed by atoms with Crippen molar-refractivity contribution in [1.82, 2.24) is 10.4 Å². The van der Waals surface area contributed by atoms with Crippen molar-refractivity contribution in [3.05, 3.63) is 52.2 Å². The van der Waals surface area contributed by atoms with Gasteiger partial charge in [0.15, 0.2) is 0 Å². The molecule has 1 aliphatic rings. The fraction of sp³-hybridized carbons (Fsp3) is 0.364. The number of ether oxygens (including phenoxy) is 1. The molecule has 0 unspecified atom stereocenters. The van der Waals surface area contributed by atoms with E-state index in [2.05, 4.69) is 15.5 Å². The van der Waals surface area contributed by atoms with Crippen LogP contribution >= 0.6 is 35.0 Å². The highest BCUT2D eigenvalue weighted by atomic mass is 35.5. The molecule has 1 amide bonds. The molecule has 33 heavy (non-hydrogen) atoms. The standard InChI is InChI=1S/C22H20Cl2F2N4O2S/c1-12-6-16(18(25)26)29-19(15(12)8-27)33-10-14-7-13(4-5-17(14)32-3)9-28-30-20(31)21(2)11-22(21,23)24/h4-7,9,18H,10-11H2,1-3H3,(H,30,31)/b28-9-/t21-/m1/s1. The maximum absolute atomic E-state index is 13.2. The largest absolute Gasteiger partial charge is 0.496 e. The Morgan fingerprint density at radius 1 is 1.45 bits per heavy atom. The van der Waals surface area contributed by atoms with Gasteiger partial charge in [0, 0.05) is 11.3 Å². The molecule has 2 aromatic rings. The number of hydrogen-bond donors (Lipinski definition) is 1. The summed E-state index contributed by atoms with van der Waals surface area (Å²) in [7, 11) is 1.51. The van der Waals surface area contributed by atoms with Gasteiger partial charge in [0.1, 0.15) is 26.9 Å². The molecule has 1 saturated carbocycles. The second kappa shape index (κ2) is 9.84. The molecule has 1 atom stereocenters. The number of methoxy groups -OCH3 is 1. The molecule has 1 heterocycles. The number of aryl methyl sites for hydroxylation is 1. The Morgan fingerprint density at radius 3 is 2.73 bits per heavy atom. The number of rotatable bonds is 8. The second-order valence-corrected chi connectivity index (χ2v) is 10.2. The lowest BCUT2D eigenvalue weighted by Gasteiger charge is -2.12. The lowest BCUT2D eigenvalue weighted by molar-refractivity contribution is -0.125. The van der Waals surface area contributed by atoms with Crippen molar-refractivity contribution in [2.45, 2.75) is 41.8 Å². The van der Waals surface area contributed by atoms with Crippen molar-refractivity contribution >= 4 is 47.1 Å². The van der Waals surface area contributed by atoms with Crippen LogP contribution in [-0.2, 0) is 10.5 Å². The van der Waals surface area contributed by atoms with Gasteiger partial charge >= 0.3 is 0 Å². The predicted octanol–water partition coefficient (Wildman–Crippen LogP) is 5.53. The van der Waals surface area contributed by atoms with E-state index < -0.39 is 16.2 Å². The number of carbonyl (C=O) groups is 1. The predicted molar refractivity (Wildman–Crippen MR) is 124 cm³/mol. The molecular formula is C22H20Cl2F2N4O2S. The number of thioether (sulfide) groups is 1. The number of hydrazone groups is 1. The van der Waals surface area contributed by atoms with Crippen LogP contribution in [0, 0.1) is 23.7 Å². The summed E-state index contributed by atoms with van der Waals surface area (Å²) in [6, 6.07) is 8.50. The van der Waals surface area contributed by atoms with Crippen molar-refractivity contribution in [3.8, 4) is 11.8 Å². The number of benzene rings is 1. The number of nitrogens with one attached hydrogen (secondary N) is 1. The first-order valence-corrected chi connectivity index (χ1v) is 11.5. The molecular weight excluding hydrogens is 493 g/mol. The summed E-state index contributed by atoms with van der Waals surface area (Å²) in [5.74, 6) is 0.505. The first-order chi connectivity index (χ1) is 15.5. The zero-order valence-corrected chi connectivity index (χ0v) is 20.3. The lowest BCUT2D eigenvalue weighted by Crippen LogP contribution is -2.29. The molecule has 1 N–H and O–H groups in total. The Balaban J connectivity index is 1.76. The van der Waals surface area contributed by atoms with Crippen molar-refractivity contribution in [3.63, 3.8) is 0 Å². The smallest absolute Gasteiger partial charge is 0.280 e. The van der Waals surface area contributed by atoms with Gasteiger partial charge in [-0.15, -0.1) is 35.0 Å². The third-order valence-corrected chi connectivity index (χ3v) is 7.47. The van der Waals surface area contributed by atoms with Crippen LogP contribution < -0.4 is 10.2 Å². The molecule has 0 aliphatic heterocycles. The molecule has 0 radical (unpaired) electrons. The van der Waals surface area contributed by atoms with Gasteiger partial charge in [-0.1, -0.05) is 0 Å². The fourth-order valence-corrected chi connectivity index (χ4v) is 4.84. The van der Waals surface area contributed by atoms with E-state index in [1.807, 2.05) is 6.07 Å². The van der Waals surface area contributed by atoms with Gasteiger partial charge in [-0.2, -0.15) is 10.4 Å². The van der Waals surface area contributed by atoms with Crippen LogP contribution in [0.1, 0.15) is 47.7 Å². The van der Waals surface area contributed by atoms with E-state index in [0.717, 1.165) is 17.3 Å². The second-order valence-electron chi connectivity index (χ2n) is 7.73. The van der Waals surface area contributed by atoms with Crippen molar-refractivity contribution in [1.29, 1.82) is 5.26 Å². The first-order valence-electron chi connectivity index (χ1n) is 9.73. The Hall–Kier alpha value is -2.41. The number of nitrogens with zero attached hydrogens (tertiary/aromatic N) is 3. The molecule has 0 bridgehead atoms. The lowest BCUT2D eigenvalue weighted by atomic mass is 10.1. The van der Waals surface area contributed by atoms with Crippen LogP contribution in [0.15, 0.2) is 34.4 Å². The fourth-order valence-electron chi connectivity index (χ4n) is 3.09. The van der Waals surface area contributed by atoms with Gasteiger partial charge in [0.25, 0.3) is 6.43 Å². The summed E-state index contributed by atoms with van der Waals surface area (Å²) < 4.78 is 30.6. The van der Waals surface area contributed by atoms with Crippen LogP contribution in [0.25, 0.3) is 0 Å². The zero-order valence-electron chi connectivity index (χ0n) is 18.0. The summed E-state index contributed by atoms with van der Waals surface area (Å²) in [4.78, 5) is 16.2. The van der Waals surface area contributed by atoms with Crippen LogP contribution in [0.4, 0.5) is 8.78 Å². The third kappa shape index (κ3) is 5.40. The van der Waals surface area contributed by atoms with Gasteiger partial charge in [0.2, 0.25) is 5.91 Å². The number of nitriles is 1. The quantitative estimate of drug-likeness (QED) is 0.217. The van der Waals surface area contributed by atoms with Gasteiger partial charge in [-0.3, -0.25) is 4.79 Å². The molecule has 1 aromatic heterocycles. The van der Waals surface area contributed by atoms with Crippen molar-refractivity contribution in [2.75, 3.05) is 7.11 Å². The molecule has 174 valence electrons. The SMILES string of the molecule is COc1ccc(/C=N\NC(=O)[C@@]2(C)CC2(Cl)Cl)cc1CSc1nc(C(F)F)cc(C)c1C#N. The molecule has 6 nitrogen and oxygen atoms in total. The van der Waals surface area contributed by atoms with Gasteiger partial charge in [0.05, 0.1) is 24.3 Å². The molecule has 1 fully saturated rings. The molecule has 0 saturated heterocycles. The Morgan fingerprint density at radius 2 is 2.15 bits per heavy atom. The van der Waals surface area contributed by atoms with Crippen LogP contribution in [0.3, 0.4) is 0 Å². The zero-order chi connectivity index (χ0) is 24.4. The summed E-state index contributed by atoms with van der Waals surface area (Å²) in [5.41, 5.74) is 3.28. The van der Waals surface area contributed by atoms with Gasteiger partial charge in [-0.05, 0) is 55.7 Å². The number of halogens is 4. The summed E-state index contributed by atoms with van der Waals surface area (Å²) in [5, 5.41) is 13.6. The van der Waals surface area contributed by atoms with E-state index in [4.69, 9.17) is 27.9 Å². The minimum absolute atomic E-state index is 0.226. The number of amides is 1. The van der Waals surface area contributed by atoms with E-state index in [9.17, 15) is 18.8 Å². The number of aromatic nitrogens is 1. The van der Waals surface area contributed by atoms with E-state index >= 15 is 0 Å². The Labute approximate surface area is 204 Å². The summed E-state index contributed by atoms with van der Waals surface area (Å²) >= 11 is 13.2. The van der Waals surface area contributed by atoms with Crippen molar-refractivity contribution < 1.29 is 18.3 Å². The van der Waals surface area contributed by atoms with Crippen LogP contribution in [0.2, 0.25) is 0 Å². The molecule has 3 rings (SSSR count). The maximum atomic E-state index is 13.2. The highest BCUT2D eigenvalue weighted by Crippen LogP contribution is 2.63. The maximum Gasteiger partial charge on any atom is 0.280 e. The average molecular weight is 513 g/mol. The van der Waals surface area contributed by atoms with E-state index in [1.54, 1.807) is 32.0 Å². The Bertz CT molecular complexity index is 1150. The van der Waals surface area contributed by atoms with Gasteiger partial charge < -0.3 is 4.74 Å². The topological polar surface area (TPSA) is 87.4 Å². The first kappa shape index (κ1) is 25.2. The Kier molecular flexibility index (Phi) is 7.52. The number of alkyl halides is 4. The van der Waals surface area contributed by atoms with E-state index in [-0.39, 0.29) is 22.2 Å². The number of hydrogen-bond acceptors (Lipinski definition) is 6. The minimum atomic E-state index is -2.74. The molecule has 0 spiro atoms. The van der Waals surface area contributed by atoms with Crippen molar-refractivity contribution in [2.24, 2.45) is 10.5 Å². The van der Waals surface area contributed by atoms with Crippen LogP contribution in [-0.4, -0.2) is 28.5 Å². The van der Waals surface area contributed by atoms with Crippen LogP contribution in [0.5, 0.6) is 5.75 Å². The van der Waals surface area contributed by atoms with Gasteiger partial charge in [-0.25, -0.2) is 19.2 Å². The number of carbonyl (C=O) groups excluding carboxylic acids is 1. The van der Waals surface area contributed by atoms with E-state index in [1.165, 1.54) is 19.4 Å². The molecule has 11 heteroatoms. The average Bonchev–Trinajstić information content (AvgIpc) is 3.30.